The Morgan fingerprint density at radius 2 is 1.46 bits per heavy atom. The van der Waals surface area contributed by atoms with Crippen LogP contribution in [0.2, 0.25) is 0 Å². The Bertz CT molecular complexity index is 699. The first-order chi connectivity index (χ1) is 11.4. The SMILES string of the molecule is Cc1nc(C(C)(C)C)nc(N2CCN(c3ncccn3)CC2)c1C. The lowest BCUT2D eigenvalue weighted by molar-refractivity contribution is 0.538. The summed E-state index contributed by atoms with van der Waals surface area (Å²) in [5.74, 6) is 2.79. The van der Waals surface area contributed by atoms with E-state index < -0.39 is 0 Å². The van der Waals surface area contributed by atoms with Gasteiger partial charge in [-0.3, -0.25) is 0 Å². The van der Waals surface area contributed by atoms with E-state index in [0.29, 0.717) is 0 Å². The minimum atomic E-state index is -0.0487. The van der Waals surface area contributed by atoms with Crippen molar-refractivity contribution in [1.29, 1.82) is 0 Å². The molecule has 0 N–H and O–H groups in total. The summed E-state index contributed by atoms with van der Waals surface area (Å²) in [4.78, 5) is 22.9. The number of hydrogen-bond acceptors (Lipinski definition) is 6. The van der Waals surface area contributed by atoms with Gasteiger partial charge in [0, 0.05) is 55.2 Å². The first-order valence-corrected chi connectivity index (χ1v) is 8.49. The van der Waals surface area contributed by atoms with Crippen molar-refractivity contribution in [3.8, 4) is 0 Å². The van der Waals surface area contributed by atoms with Gasteiger partial charge in [-0.1, -0.05) is 20.8 Å². The summed E-state index contributed by atoms with van der Waals surface area (Å²) in [6.07, 6.45) is 3.59. The number of piperazine rings is 1. The Kier molecular flexibility index (Phi) is 4.39. The average Bonchev–Trinajstić information content (AvgIpc) is 2.57. The Labute approximate surface area is 144 Å². The molecule has 0 atom stereocenters. The van der Waals surface area contributed by atoms with E-state index in [1.54, 1.807) is 12.4 Å². The van der Waals surface area contributed by atoms with Crippen LogP contribution in [0.4, 0.5) is 11.8 Å². The summed E-state index contributed by atoms with van der Waals surface area (Å²) in [6.45, 7) is 14.3. The molecule has 1 fully saturated rings. The monoisotopic (exact) mass is 326 g/mol. The van der Waals surface area contributed by atoms with Gasteiger partial charge in [0.05, 0.1) is 0 Å². The molecule has 6 heteroatoms. The molecule has 128 valence electrons. The van der Waals surface area contributed by atoms with Crippen molar-refractivity contribution in [2.24, 2.45) is 0 Å². The van der Waals surface area contributed by atoms with Crippen LogP contribution >= 0.6 is 0 Å². The summed E-state index contributed by atoms with van der Waals surface area (Å²) in [5.41, 5.74) is 2.19. The number of hydrogen-bond donors (Lipinski definition) is 0. The van der Waals surface area contributed by atoms with Gasteiger partial charge >= 0.3 is 0 Å². The molecule has 1 saturated heterocycles. The maximum atomic E-state index is 4.89. The van der Waals surface area contributed by atoms with E-state index in [0.717, 1.165) is 49.5 Å². The van der Waals surface area contributed by atoms with Crippen LogP contribution in [-0.2, 0) is 5.41 Å². The Balaban J connectivity index is 1.80. The topological polar surface area (TPSA) is 58.0 Å². The Morgan fingerprint density at radius 3 is 2.04 bits per heavy atom. The highest BCUT2D eigenvalue weighted by Crippen LogP contribution is 2.26. The molecule has 6 nitrogen and oxygen atoms in total. The van der Waals surface area contributed by atoms with Crippen LogP contribution in [0.15, 0.2) is 18.5 Å². The van der Waals surface area contributed by atoms with E-state index in [9.17, 15) is 0 Å². The summed E-state index contributed by atoms with van der Waals surface area (Å²) in [5, 5.41) is 0. The smallest absolute Gasteiger partial charge is 0.225 e. The van der Waals surface area contributed by atoms with Crippen LogP contribution in [0.5, 0.6) is 0 Å². The maximum Gasteiger partial charge on any atom is 0.225 e. The molecular weight excluding hydrogens is 300 g/mol. The molecule has 3 rings (SSSR count). The summed E-state index contributed by atoms with van der Waals surface area (Å²) in [7, 11) is 0. The van der Waals surface area contributed by atoms with E-state index in [-0.39, 0.29) is 5.41 Å². The number of anilines is 2. The highest BCUT2D eigenvalue weighted by molar-refractivity contribution is 5.50. The van der Waals surface area contributed by atoms with Crippen molar-refractivity contribution >= 4 is 11.8 Å². The van der Waals surface area contributed by atoms with Gasteiger partial charge in [0.25, 0.3) is 0 Å². The van der Waals surface area contributed by atoms with Gasteiger partial charge in [0.2, 0.25) is 5.95 Å². The lowest BCUT2D eigenvalue weighted by atomic mass is 9.95. The van der Waals surface area contributed by atoms with E-state index in [2.05, 4.69) is 54.4 Å². The summed E-state index contributed by atoms with van der Waals surface area (Å²) < 4.78 is 0. The molecule has 24 heavy (non-hydrogen) atoms. The third-order valence-corrected chi connectivity index (χ3v) is 4.45. The lowest BCUT2D eigenvalue weighted by Crippen LogP contribution is -2.47. The standard InChI is InChI=1S/C18H26N6/c1-13-14(2)21-16(18(3,4)5)22-15(13)23-9-11-24(12-10-23)17-19-7-6-8-20-17/h6-8H,9-12H2,1-5H3. The van der Waals surface area contributed by atoms with E-state index >= 15 is 0 Å². The van der Waals surface area contributed by atoms with Gasteiger partial charge < -0.3 is 9.80 Å². The predicted octanol–water partition coefficient (Wildman–Crippen LogP) is 2.51. The van der Waals surface area contributed by atoms with Crippen molar-refractivity contribution in [3.05, 3.63) is 35.5 Å². The van der Waals surface area contributed by atoms with E-state index in [1.807, 2.05) is 6.07 Å². The second-order valence-electron chi connectivity index (χ2n) is 7.35. The van der Waals surface area contributed by atoms with Crippen LogP contribution in [0.3, 0.4) is 0 Å². The minimum Gasteiger partial charge on any atom is -0.353 e. The Morgan fingerprint density at radius 1 is 0.875 bits per heavy atom. The molecule has 1 aliphatic heterocycles. The molecule has 0 saturated carbocycles. The number of nitrogens with zero attached hydrogens (tertiary/aromatic N) is 6. The lowest BCUT2D eigenvalue weighted by Gasteiger charge is -2.36. The quantitative estimate of drug-likeness (QED) is 0.845. The van der Waals surface area contributed by atoms with Crippen LogP contribution in [0, 0.1) is 13.8 Å². The fourth-order valence-electron chi connectivity index (χ4n) is 2.83. The number of rotatable bonds is 2. The zero-order valence-corrected chi connectivity index (χ0v) is 15.2. The molecule has 0 unspecified atom stereocenters. The molecule has 3 heterocycles. The molecule has 0 bridgehead atoms. The summed E-state index contributed by atoms with van der Waals surface area (Å²) in [6, 6.07) is 1.85. The maximum absolute atomic E-state index is 4.89. The first kappa shape index (κ1) is 16.6. The zero-order valence-electron chi connectivity index (χ0n) is 15.2. The van der Waals surface area contributed by atoms with E-state index in [1.165, 1.54) is 5.56 Å². The van der Waals surface area contributed by atoms with Crippen molar-refractivity contribution in [1.82, 2.24) is 19.9 Å². The van der Waals surface area contributed by atoms with Crippen LogP contribution in [-0.4, -0.2) is 46.1 Å². The van der Waals surface area contributed by atoms with E-state index in [4.69, 9.17) is 9.97 Å². The molecule has 0 amide bonds. The second kappa shape index (κ2) is 6.34. The fourth-order valence-corrected chi connectivity index (χ4v) is 2.83. The second-order valence-corrected chi connectivity index (χ2v) is 7.35. The molecule has 0 aromatic carbocycles. The van der Waals surface area contributed by atoms with Crippen LogP contribution in [0.25, 0.3) is 0 Å². The molecule has 1 aliphatic rings. The van der Waals surface area contributed by atoms with Gasteiger partial charge in [-0.2, -0.15) is 0 Å². The van der Waals surface area contributed by atoms with Crippen molar-refractivity contribution < 1.29 is 0 Å². The minimum absolute atomic E-state index is 0.0487. The molecule has 0 radical (unpaired) electrons. The Hall–Kier alpha value is -2.24. The average molecular weight is 326 g/mol. The third kappa shape index (κ3) is 3.32. The van der Waals surface area contributed by atoms with Gasteiger partial charge in [-0.15, -0.1) is 0 Å². The molecular formula is C18H26N6. The fraction of sp³-hybridized carbons (Fsp3) is 0.556. The van der Waals surface area contributed by atoms with Gasteiger partial charge in [0.1, 0.15) is 11.6 Å². The molecule has 0 spiro atoms. The van der Waals surface area contributed by atoms with Gasteiger partial charge in [-0.25, -0.2) is 19.9 Å². The van der Waals surface area contributed by atoms with Crippen molar-refractivity contribution in [2.45, 2.75) is 40.0 Å². The van der Waals surface area contributed by atoms with Crippen LogP contribution in [0.1, 0.15) is 37.9 Å². The molecule has 2 aromatic rings. The third-order valence-electron chi connectivity index (χ3n) is 4.45. The highest BCUT2D eigenvalue weighted by Gasteiger charge is 2.25. The highest BCUT2D eigenvalue weighted by atomic mass is 15.3. The molecule has 2 aromatic heterocycles. The van der Waals surface area contributed by atoms with Crippen LogP contribution < -0.4 is 9.80 Å². The largest absolute Gasteiger partial charge is 0.353 e. The van der Waals surface area contributed by atoms with Gasteiger partial charge in [-0.05, 0) is 19.9 Å². The predicted molar refractivity (Wildman–Crippen MR) is 96.7 cm³/mol. The van der Waals surface area contributed by atoms with Crippen molar-refractivity contribution in [2.75, 3.05) is 36.0 Å². The summed E-state index contributed by atoms with van der Waals surface area (Å²) >= 11 is 0. The first-order valence-electron chi connectivity index (χ1n) is 8.49. The van der Waals surface area contributed by atoms with Gasteiger partial charge in [0.15, 0.2) is 0 Å². The molecule has 0 aliphatic carbocycles. The van der Waals surface area contributed by atoms with Crippen molar-refractivity contribution in [3.63, 3.8) is 0 Å². The zero-order chi connectivity index (χ0) is 17.3. The normalized spacial score (nSPS) is 15.7. The number of aromatic nitrogens is 4. The number of aryl methyl sites for hydroxylation is 1.